The minimum atomic E-state index is 0.717. The molecule has 1 saturated heterocycles. The quantitative estimate of drug-likeness (QED) is 0.733. The minimum absolute atomic E-state index is 0.717. The first-order chi connectivity index (χ1) is 7.19. The Labute approximate surface area is 95.2 Å². The van der Waals surface area contributed by atoms with Crippen molar-refractivity contribution in [2.24, 2.45) is 17.6 Å². The van der Waals surface area contributed by atoms with E-state index in [0.29, 0.717) is 5.92 Å². The lowest BCUT2D eigenvalue weighted by molar-refractivity contribution is 0.174. The van der Waals surface area contributed by atoms with Crippen LogP contribution < -0.4 is 5.73 Å². The van der Waals surface area contributed by atoms with Crippen LogP contribution in [0.5, 0.6) is 0 Å². The summed E-state index contributed by atoms with van der Waals surface area (Å²) < 4.78 is 0. The zero-order chi connectivity index (χ0) is 11.3. The molecule has 0 aliphatic carbocycles. The van der Waals surface area contributed by atoms with Crippen molar-refractivity contribution in [2.45, 2.75) is 52.5 Å². The topological polar surface area (TPSA) is 29.3 Å². The fourth-order valence-electron chi connectivity index (χ4n) is 2.86. The second-order valence-electron chi connectivity index (χ2n) is 5.34. The van der Waals surface area contributed by atoms with E-state index in [1.165, 1.54) is 38.8 Å². The third kappa shape index (κ3) is 3.76. The van der Waals surface area contributed by atoms with Gasteiger partial charge in [-0.1, -0.05) is 27.2 Å². The van der Waals surface area contributed by atoms with Gasteiger partial charge < -0.3 is 5.73 Å². The van der Waals surface area contributed by atoms with Gasteiger partial charge in [-0.25, -0.2) is 0 Å². The maximum Gasteiger partial charge on any atom is 0.0119 e. The van der Waals surface area contributed by atoms with E-state index in [-0.39, 0.29) is 0 Å². The third-order valence-electron chi connectivity index (χ3n) is 3.71. The van der Waals surface area contributed by atoms with Crippen molar-refractivity contribution in [2.75, 3.05) is 19.6 Å². The monoisotopic (exact) mass is 212 g/mol. The van der Waals surface area contributed by atoms with Crippen LogP contribution in [0.15, 0.2) is 0 Å². The normalized spacial score (nSPS) is 25.0. The highest BCUT2D eigenvalue weighted by Crippen LogP contribution is 2.25. The predicted molar refractivity (Wildman–Crippen MR) is 66.9 cm³/mol. The van der Waals surface area contributed by atoms with Crippen LogP contribution in [0.25, 0.3) is 0 Å². The summed E-state index contributed by atoms with van der Waals surface area (Å²) in [6.45, 7) is 10.3. The first-order valence-corrected chi connectivity index (χ1v) is 6.63. The summed E-state index contributed by atoms with van der Waals surface area (Å²) in [4.78, 5) is 2.68. The van der Waals surface area contributed by atoms with Crippen molar-refractivity contribution in [1.29, 1.82) is 0 Å². The van der Waals surface area contributed by atoms with Gasteiger partial charge in [0, 0.05) is 12.6 Å². The molecule has 2 unspecified atom stereocenters. The molecule has 2 N–H and O–H groups in total. The lowest BCUT2D eigenvalue weighted by atomic mass is 9.99. The number of hydrogen-bond donors (Lipinski definition) is 1. The Morgan fingerprint density at radius 1 is 1.40 bits per heavy atom. The molecule has 90 valence electrons. The van der Waals surface area contributed by atoms with Gasteiger partial charge in [0.05, 0.1) is 0 Å². The van der Waals surface area contributed by atoms with E-state index < -0.39 is 0 Å². The molecule has 0 radical (unpaired) electrons. The number of likely N-dealkylation sites (tertiary alicyclic amines) is 1. The molecule has 2 heteroatoms. The molecule has 1 rings (SSSR count). The Morgan fingerprint density at radius 2 is 2.13 bits per heavy atom. The number of hydrogen-bond acceptors (Lipinski definition) is 2. The lowest BCUT2D eigenvalue weighted by Crippen LogP contribution is -2.38. The summed E-state index contributed by atoms with van der Waals surface area (Å²) in [5.41, 5.74) is 5.83. The second-order valence-corrected chi connectivity index (χ2v) is 5.34. The van der Waals surface area contributed by atoms with Gasteiger partial charge in [0.1, 0.15) is 0 Å². The van der Waals surface area contributed by atoms with Crippen LogP contribution in [0.3, 0.4) is 0 Å². The van der Waals surface area contributed by atoms with Gasteiger partial charge in [-0.15, -0.1) is 0 Å². The Bertz CT molecular complexity index is 168. The van der Waals surface area contributed by atoms with Crippen molar-refractivity contribution >= 4 is 0 Å². The van der Waals surface area contributed by atoms with Crippen LogP contribution in [0.4, 0.5) is 0 Å². The fraction of sp³-hybridized carbons (Fsp3) is 1.00. The minimum Gasteiger partial charge on any atom is -0.330 e. The van der Waals surface area contributed by atoms with Gasteiger partial charge >= 0.3 is 0 Å². The van der Waals surface area contributed by atoms with E-state index in [2.05, 4.69) is 25.7 Å². The van der Waals surface area contributed by atoms with E-state index in [9.17, 15) is 0 Å². The summed E-state index contributed by atoms with van der Waals surface area (Å²) in [5.74, 6) is 1.52. The highest BCUT2D eigenvalue weighted by atomic mass is 15.2. The van der Waals surface area contributed by atoms with Crippen LogP contribution in [-0.4, -0.2) is 30.6 Å². The van der Waals surface area contributed by atoms with Gasteiger partial charge in [0.2, 0.25) is 0 Å². The Hall–Kier alpha value is -0.0800. The van der Waals surface area contributed by atoms with E-state index in [1.807, 2.05) is 0 Å². The summed E-state index contributed by atoms with van der Waals surface area (Å²) >= 11 is 0. The Morgan fingerprint density at radius 3 is 2.67 bits per heavy atom. The first-order valence-electron chi connectivity index (χ1n) is 6.63. The van der Waals surface area contributed by atoms with Crippen LogP contribution in [-0.2, 0) is 0 Å². The molecular formula is C13H28N2. The van der Waals surface area contributed by atoms with E-state index in [1.54, 1.807) is 0 Å². The highest BCUT2D eigenvalue weighted by Gasteiger charge is 2.28. The molecule has 1 fully saturated rings. The van der Waals surface area contributed by atoms with Crippen LogP contribution in [0, 0.1) is 11.8 Å². The first kappa shape index (κ1) is 13.0. The molecule has 2 atom stereocenters. The molecule has 2 nitrogen and oxygen atoms in total. The molecule has 0 saturated carbocycles. The maximum atomic E-state index is 5.83. The number of nitrogens with two attached hydrogens (primary N) is 1. The second kappa shape index (κ2) is 6.49. The highest BCUT2D eigenvalue weighted by molar-refractivity contribution is 4.83. The molecule has 1 aliphatic heterocycles. The van der Waals surface area contributed by atoms with Crippen molar-refractivity contribution < 1.29 is 0 Å². The molecule has 0 bridgehead atoms. The molecule has 0 aromatic heterocycles. The standard InChI is InChI=1S/C13H28N2/c1-4-6-12(9-14)10-15-8-5-7-13(15)11(2)3/h11-13H,4-10,14H2,1-3H3. The van der Waals surface area contributed by atoms with E-state index in [0.717, 1.165) is 18.5 Å². The molecule has 1 heterocycles. The predicted octanol–water partition coefficient (Wildman–Crippen LogP) is 2.48. The Kier molecular flexibility index (Phi) is 5.62. The van der Waals surface area contributed by atoms with Gasteiger partial charge in [-0.05, 0) is 44.2 Å². The summed E-state index contributed by atoms with van der Waals surface area (Å²) in [6, 6.07) is 0.816. The maximum absolute atomic E-state index is 5.83. The van der Waals surface area contributed by atoms with Crippen LogP contribution in [0.2, 0.25) is 0 Å². The third-order valence-corrected chi connectivity index (χ3v) is 3.71. The average molecular weight is 212 g/mol. The Balaban J connectivity index is 2.41. The summed E-state index contributed by atoms with van der Waals surface area (Å²) in [6.07, 6.45) is 5.33. The molecule has 1 aliphatic rings. The summed E-state index contributed by atoms with van der Waals surface area (Å²) in [7, 11) is 0. The smallest absolute Gasteiger partial charge is 0.0119 e. The fourth-order valence-corrected chi connectivity index (χ4v) is 2.86. The van der Waals surface area contributed by atoms with Crippen molar-refractivity contribution in [1.82, 2.24) is 4.90 Å². The summed E-state index contributed by atoms with van der Waals surface area (Å²) in [5, 5.41) is 0. The molecule has 0 aromatic rings. The van der Waals surface area contributed by atoms with Gasteiger partial charge in [0.15, 0.2) is 0 Å². The van der Waals surface area contributed by atoms with E-state index in [4.69, 9.17) is 5.73 Å². The van der Waals surface area contributed by atoms with E-state index >= 15 is 0 Å². The van der Waals surface area contributed by atoms with Gasteiger partial charge in [-0.3, -0.25) is 4.90 Å². The molecule has 0 spiro atoms. The largest absolute Gasteiger partial charge is 0.330 e. The molecular weight excluding hydrogens is 184 g/mol. The van der Waals surface area contributed by atoms with Crippen molar-refractivity contribution in [3.8, 4) is 0 Å². The van der Waals surface area contributed by atoms with Crippen LogP contribution >= 0.6 is 0 Å². The average Bonchev–Trinajstić information content (AvgIpc) is 2.65. The SMILES string of the molecule is CCCC(CN)CN1CCCC1C(C)C. The van der Waals surface area contributed by atoms with Gasteiger partial charge in [-0.2, -0.15) is 0 Å². The zero-order valence-corrected chi connectivity index (χ0v) is 10.7. The molecule has 0 aromatic carbocycles. The van der Waals surface area contributed by atoms with Crippen molar-refractivity contribution in [3.63, 3.8) is 0 Å². The molecule has 15 heavy (non-hydrogen) atoms. The van der Waals surface area contributed by atoms with Crippen LogP contribution in [0.1, 0.15) is 46.5 Å². The lowest BCUT2D eigenvalue weighted by Gasteiger charge is -2.30. The number of rotatable bonds is 6. The van der Waals surface area contributed by atoms with Gasteiger partial charge in [0.25, 0.3) is 0 Å². The molecule has 0 amide bonds. The zero-order valence-electron chi connectivity index (χ0n) is 10.7. The number of nitrogens with zero attached hydrogens (tertiary/aromatic N) is 1. The van der Waals surface area contributed by atoms with Crippen molar-refractivity contribution in [3.05, 3.63) is 0 Å².